The SMILES string of the molecule is COCCOC(=O)c1c(C)[nH]c(C(=O)NCc2ccccc2CS(=O)(=O)NC(C)C)c1C. The third-order valence-electron chi connectivity index (χ3n) is 4.71. The van der Waals surface area contributed by atoms with Gasteiger partial charge in [0, 0.05) is 25.4 Å². The Morgan fingerprint density at radius 3 is 2.38 bits per heavy atom. The highest BCUT2D eigenvalue weighted by Crippen LogP contribution is 2.19. The molecule has 0 fully saturated rings. The number of aryl methyl sites for hydroxylation is 1. The largest absolute Gasteiger partial charge is 0.460 e. The number of carbonyl (C=O) groups excluding carboxylic acids is 2. The van der Waals surface area contributed by atoms with Crippen LogP contribution in [-0.2, 0) is 31.8 Å². The van der Waals surface area contributed by atoms with Gasteiger partial charge in [0.05, 0.1) is 17.9 Å². The molecule has 0 spiro atoms. The molecular formula is C22H31N3O6S. The van der Waals surface area contributed by atoms with Crippen molar-refractivity contribution >= 4 is 21.9 Å². The molecule has 0 saturated carbocycles. The molecule has 1 amide bonds. The number of amides is 1. The van der Waals surface area contributed by atoms with Crippen molar-refractivity contribution in [2.24, 2.45) is 0 Å². The van der Waals surface area contributed by atoms with Crippen LogP contribution in [0.25, 0.3) is 0 Å². The molecule has 0 aliphatic carbocycles. The summed E-state index contributed by atoms with van der Waals surface area (Å²) in [4.78, 5) is 28.1. The molecule has 0 radical (unpaired) electrons. The van der Waals surface area contributed by atoms with Gasteiger partial charge in [0.15, 0.2) is 0 Å². The molecule has 1 heterocycles. The summed E-state index contributed by atoms with van der Waals surface area (Å²) >= 11 is 0. The van der Waals surface area contributed by atoms with Crippen molar-refractivity contribution in [3.63, 3.8) is 0 Å². The number of hydrogen-bond donors (Lipinski definition) is 3. The van der Waals surface area contributed by atoms with E-state index in [1.807, 2.05) is 0 Å². The van der Waals surface area contributed by atoms with Crippen molar-refractivity contribution in [1.82, 2.24) is 15.0 Å². The molecule has 0 aliphatic heterocycles. The molecule has 2 aromatic rings. The van der Waals surface area contributed by atoms with Crippen molar-refractivity contribution in [2.75, 3.05) is 20.3 Å². The Morgan fingerprint density at radius 1 is 1.09 bits per heavy atom. The smallest absolute Gasteiger partial charge is 0.340 e. The second-order valence-electron chi connectivity index (χ2n) is 7.74. The van der Waals surface area contributed by atoms with E-state index in [9.17, 15) is 18.0 Å². The summed E-state index contributed by atoms with van der Waals surface area (Å²) in [5.74, 6) is -1.12. The Balaban J connectivity index is 2.12. The molecule has 0 atom stereocenters. The van der Waals surface area contributed by atoms with E-state index in [0.717, 1.165) is 0 Å². The van der Waals surface area contributed by atoms with Crippen LogP contribution in [0.3, 0.4) is 0 Å². The van der Waals surface area contributed by atoms with E-state index in [4.69, 9.17) is 9.47 Å². The first-order chi connectivity index (χ1) is 15.1. The van der Waals surface area contributed by atoms with Gasteiger partial charge in [0.25, 0.3) is 5.91 Å². The Morgan fingerprint density at radius 2 is 1.75 bits per heavy atom. The first-order valence-corrected chi connectivity index (χ1v) is 11.9. The molecule has 9 nitrogen and oxygen atoms in total. The minimum atomic E-state index is -3.50. The molecule has 176 valence electrons. The van der Waals surface area contributed by atoms with Crippen molar-refractivity contribution in [1.29, 1.82) is 0 Å². The molecular weight excluding hydrogens is 434 g/mol. The lowest BCUT2D eigenvalue weighted by Gasteiger charge is -2.13. The number of sulfonamides is 1. The van der Waals surface area contributed by atoms with Crippen LogP contribution in [0, 0.1) is 13.8 Å². The van der Waals surface area contributed by atoms with Crippen LogP contribution in [0.1, 0.15) is 57.1 Å². The average molecular weight is 466 g/mol. The Hall–Kier alpha value is -2.69. The molecule has 1 aromatic heterocycles. The van der Waals surface area contributed by atoms with Gasteiger partial charge in [-0.05, 0) is 44.4 Å². The van der Waals surface area contributed by atoms with Gasteiger partial charge in [-0.25, -0.2) is 17.9 Å². The van der Waals surface area contributed by atoms with Crippen LogP contribution >= 0.6 is 0 Å². The van der Waals surface area contributed by atoms with Crippen LogP contribution in [0.2, 0.25) is 0 Å². The monoisotopic (exact) mass is 465 g/mol. The maximum absolute atomic E-state index is 12.8. The van der Waals surface area contributed by atoms with Crippen molar-refractivity contribution in [3.05, 3.63) is 57.9 Å². The Labute approximate surface area is 188 Å². The van der Waals surface area contributed by atoms with Gasteiger partial charge in [-0.3, -0.25) is 4.79 Å². The number of carbonyl (C=O) groups is 2. The first kappa shape index (κ1) is 25.6. The van der Waals surface area contributed by atoms with Gasteiger partial charge in [0.2, 0.25) is 10.0 Å². The summed E-state index contributed by atoms with van der Waals surface area (Å²) < 4.78 is 37.2. The fraction of sp³-hybridized carbons (Fsp3) is 0.455. The lowest BCUT2D eigenvalue weighted by molar-refractivity contribution is 0.0386. The standard InChI is InChI=1S/C22H31N3O6S/c1-14(2)25-32(28,29)13-18-9-7-6-8-17(18)12-23-21(26)20-15(3)19(16(4)24-20)22(27)31-11-10-30-5/h6-9,14,24-25H,10-13H2,1-5H3,(H,23,26). The fourth-order valence-corrected chi connectivity index (χ4v) is 4.81. The van der Waals surface area contributed by atoms with Crippen LogP contribution in [0.15, 0.2) is 24.3 Å². The van der Waals surface area contributed by atoms with Crippen LogP contribution in [0.5, 0.6) is 0 Å². The summed E-state index contributed by atoms with van der Waals surface area (Å²) in [6.07, 6.45) is 0. The lowest BCUT2D eigenvalue weighted by atomic mass is 10.1. The summed E-state index contributed by atoms with van der Waals surface area (Å²) in [5.41, 5.74) is 2.88. The second-order valence-corrected chi connectivity index (χ2v) is 9.49. The van der Waals surface area contributed by atoms with E-state index in [0.29, 0.717) is 27.9 Å². The van der Waals surface area contributed by atoms with E-state index in [2.05, 4.69) is 15.0 Å². The minimum absolute atomic E-state index is 0.117. The van der Waals surface area contributed by atoms with E-state index >= 15 is 0 Å². The molecule has 1 aromatic carbocycles. The van der Waals surface area contributed by atoms with Gasteiger partial charge in [-0.1, -0.05) is 24.3 Å². The molecule has 10 heteroatoms. The van der Waals surface area contributed by atoms with Crippen molar-refractivity contribution < 1.29 is 27.5 Å². The average Bonchev–Trinajstić information content (AvgIpc) is 3.00. The molecule has 32 heavy (non-hydrogen) atoms. The Bertz CT molecular complexity index is 1060. The molecule has 0 unspecified atom stereocenters. The number of nitrogens with one attached hydrogen (secondary N) is 3. The van der Waals surface area contributed by atoms with E-state index in [1.165, 1.54) is 7.11 Å². The highest BCUT2D eigenvalue weighted by atomic mass is 32.2. The zero-order chi connectivity index (χ0) is 23.9. The normalized spacial score (nSPS) is 11.6. The summed E-state index contributed by atoms with van der Waals surface area (Å²) in [6, 6.07) is 6.82. The highest BCUT2D eigenvalue weighted by molar-refractivity contribution is 7.88. The molecule has 0 aliphatic rings. The third-order valence-corrected chi connectivity index (χ3v) is 6.23. The van der Waals surface area contributed by atoms with E-state index in [1.54, 1.807) is 52.0 Å². The van der Waals surface area contributed by atoms with Gasteiger partial charge < -0.3 is 19.8 Å². The number of rotatable bonds is 11. The van der Waals surface area contributed by atoms with E-state index < -0.39 is 21.9 Å². The second kappa shape index (κ2) is 11.3. The minimum Gasteiger partial charge on any atom is -0.460 e. The zero-order valence-electron chi connectivity index (χ0n) is 19.1. The summed E-state index contributed by atoms with van der Waals surface area (Å²) in [5, 5.41) is 2.80. The summed E-state index contributed by atoms with van der Waals surface area (Å²) in [7, 11) is -1.99. The van der Waals surface area contributed by atoms with Gasteiger partial charge in [-0.2, -0.15) is 0 Å². The molecule has 3 N–H and O–H groups in total. The van der Waals surface area contributed by atoms with Gasteiger partial charge in [-0.15, -0.1) is 0 Å². The first-order valence-electron chi connectivity index (χ1n) is 10.3. The predicted octanol–water partition coefficient (Wildman–Crippen LogP) is 2.19. The highest BCUT2D eigenvalue weighted by Gasteiger charge is 2.23. The van der Waals surface area contributed by atoms with Crippen LogP contribution in [-0.4, -0.2) is 51.6 Å². The third kappa shape index (κ3) is 6.91. The molecule has 2 rings (SSSR count). The van der Waals surface area contributed by atoms with E-state index in [-0.39, 0.29) is 37.2 Å². The quantitative estimate of drug-likeness (QED) is 0.345. The predicted molar refractivity (Wildman–Crippen MR) is 121 cm³/mol. The number of H-pyrrole nitrogens is 1. The lowest BCUT2D eigenvalue weighted by Crippen LogP contribution is -2.32. The Kier molecular flexibility index (Phi) is 8.99. The zero-order valence-corrected chi connectivity index (χ0v) is 19.9. The van der Waals surface area contributed by atoms with Gasteiger partial charge >= 0.3 is 5.97 Å². The number of aromatic amines is 1. The summed E-state index contributed by atoms with van der Waals surface area (Å²) in [6.45, 7) is 7.41. The number of aromatic nitrogens is 1. The number of ether oxygens (including phenoxy) is 2. The van der Waals surface area contributed by atoms with Crippen molar-refractivity contribution in [2.45, 2.75) is 46.0 Å². The molecule has 0 saturated heterocycles. The molecule has 0 bridgehead atoms. The fourth-order valence-electron chi connectivity index (χ4n) is 3.31. The maximum atomic E-state index is 12.8. The van der Waals surface area contributed by atoms with Gasteiger partial charge in [0.1, 0.15) is 12.3 Å². The number of hydrogen-bond acceptors (Lipinski definition) is 6. The van der Waals surface area contributed by atoms with Crippen LogP contribution in [0.4, 0.5) is 0 Å². The van der Waals surface area contributed by atoms with Crippen LogP contribution < -0.4 is 10.0 Å². The maximum Gasteiger partial charge on any atom is 0.340 e. The number of benzene rings is 1. The number of methoxy groups -OCH3 is 1. The number of esters is 1. The van der Waals surface area contributed by atoms with Crippen molar-refractivity contribution in [3.8, 4) is 0 Å². The topological polar surface area (TPSA) is 127 Å².